The quantitative estimate of drug-likeness (QED) is 0.591. The Kier molecular flexibility index (Phi) is 6.24. The summed E-state index contributed by atoms with van der Waals surface area (Å²) >= 11 is 0. The zero-order valence-electron chi connectivity index (χ0n) is 16.6. The Bertz CT molecular complexity index is 1130. The second-order valence-corrected chi connectivity index (χ2v) is 6.70. The zero-order chi connectivity index (χ0) is 22.6. The van der Waals surface area contributed by atoms with Crippen LogP contribution in [0.1, 0.15) is 21.6 Å². The van der Waals surface area contributed by atoms with Gasteiger partial charge in [-0.15, -0.1) is 0 Å². The van der Waals surface area contributed by atoms with Crippen molar-refractivity contribution in [3.63, 3.8) is 0 Å². The SMILES string of the molecule is CN(C)/C=C/C(=NC(=O)c1cccc(C(F)(F)F)c1)c1nc(-c2ccccc2)oc1O. The molecule has 0 aliphatic carbocycles. The van der Waals surface area contributed by atoms with Gasteiger partial charge in [0.25, 0.3) is 5.91 Å². The smallest absolute Gasteiger partial charge is 0.416 e. The summed E-state index contributed by atoms with van der Waals surface area (Å²) < 4.78 is 44.2. The summed E-state index contributed by atoms with van der Waals surface area (Å²) in [6, 6.07) is 12.7. The number of aromatic nitrogens is 1. The number of allylic oxidation sites excluding steroid dienone is 1. The second-order valence-electron chi connectivity index (χ2n) is 6.70. The highest BCUT2D eigenvalue weighted by atomic mass is 19.4. The molecular weight excluding hydrogens is 411 g/mol. The molecule has 1 aromatic heterocycles. The molecule has 0 bridgehead atoms. The molecule has 0 aliphatic heterocycles. The number of hydrogen-bond acceptors (Lipinski definition) is 5. The van der Waals surface area contributed by atoms with E-state index in [1.54, 1.807) is 55.5 Å². The first-order valence-corrected chi connectivity index (χ1v) is 9.05. The van der Waals surface area contributed by atoms with Gasteiger partial charge in [0.1, 0.15) is 5.71 Å². The highest BCUT2D eigenvalue weighted by molar-refractivity contribution is 6.15. The lowest BCUT2D eigenvalue weighted by atomic mass is 10.1. The van der Waals surface area contributed by atoms with Gasteiger partial charge in [-0.25, -0.2) is 9.98 Å². The Morgan fingerprint density at radius 2 is 1.84 bits per heavy atom. The molecule has 6 nitrogen and oxygen atoms in total. The molecule has 0 fully saturated rings. The van der Waals surface area contributed by atoms with Crippen LogP contribution in [0.4, 0.5) is 13.2 Å². The third-order valence-corrected chi connectivity index (χ3v) is 4.06. The van der Waals surface area contributed by atoms with Gasteiger partial charge in [0, 0.05) is 31.4 Å². The Morgan fingerprint density at radius 3 is 2.48 bits per heavy atom. The Hall–Kier alpha value is -3.88. The van der Waals surface area contributed by atoms with Gasteiger partial charge < -0.3 is 14.4 Å². The first-order valence-electron chi connectivity index (χ1n) is 9.05. The molecule has 3 rings (SSSR count). The fourth-order valence-corrected chi connectivity index (χ4v) is 2.57. The number of aromatic hydroxyl groups is 1. The van der Waals surface area contributed by atoms with E-state index in [0.29, 0.717) is 5.56 Å². The molecular formula is C22H18F3N3O3. The number of aliphatic imine (C=N–C) groups is 1. The summed E-state index contributed by atoms with van der Waals surface area (Å²) in [6.45, 7) is 0. The van der Waals surface area contributed by atoms with E-state index in [9.17, 15) is 23.1 Å². The minimum absolute atomic E-state index is 0.0699. The minimum atomic E-state index is -4.59. The van der Waals surface area contributed by atoms with E-state index in [1.165, 1.54) is 12.1 Å². The first-order chi connectivity index (χ1) is 14.6. The van der Waals surface area contributed by atoms with Gasteiger partial charge in [0.05, 0.1) is 5.56 Å². The first kappa shape index (κ1) is 21.8. The van der Waals surface area contributed by atoms with E-state index < -0.39 is 23.6 Å². The van der Waals surface area contributed by atoms with Crippen LogP contribution in [0.3, 0.4) is 0 Å². The van der Waals surface area contributed by atoms with E-state index in [1.807, 2.05) is 0 Å². The third-order valence-electron chi connectivity index (χ3n) is 4.06. The number of carbonyl (C=O) groups is 1. The van der Waals surface area contributed by atoms with Crippen molar-refractivity contribution in [2.45, 2.75) is 6.18 Å². The topological polar surface area (TPSA) is 78.9 Å². The van der Waals surface area contributed by atoms with Crippen LogP contribution >= 0.6 is 0 Å². The standard InChI is InChI=1S/C22H18F3N3O3/c1-28(2)12-11-17(18-21(30)31-20(27-18)14-7-4-3-5-8-14)26-19(29)15-9-6-10-16(13-15)22(23,24)25/h3-13,30H,1-2H3/b12-11+,26-17?. The van der Waals surface area contributed by atoms with Crippen LogP contribution in [0.25, 0.3) is 11.5 Å². The lowest BCUT2D eigenvalue weighted by molar-refractivity contribution is -0.137. The molecule has 0 unspecified atom stereocenters. The Labute approximate surface area is 176 Å². The van der Waals surface area contributed by atoms with Crippen LogP contribution in [-0.2, 0) is 6.18 Å². The minimum Gasteiger partial charge on any atom is -0.479 e. The van der Waals surface area contributed by atoms with E-state index in [0.717, 1.165) is 18.2 Å². The van der Waals surface area contributed by atoms with E-state index in [2.05, 4.69) is 9.98 Å². The number of oxazole rings is 1. The molecule has 0 spiro atoms. The van der Waals surface area contributed by atoms with Gasteiger partial charge in [0.2, 0.25) is 5.89 Å². The highest BCUT2D eigenvalue weighted by Crippen LogP contribution is 2.30. The van der Waals surface area contributed by atoms with Crippen molar-refractivity contribution in [2.75, 3.05) is 14.1 Å². The van der Waals surface area contributed by atoms with Crippen molar-refractivity contribution in [2.24, 2.45) is 4.99 Å². The maximum Gasteiger partial charge on any atom is 0.416 e. The number of benzene rings is 2. The molecule has 3 aromatic rings. The van der Waals surface area contributed by atoms with E-state index >= 15 is 0 Å². The van der Waals surface area contributed by atoms with Gasteiger partial charge in [-0.2, -0.15) is 13.2 Å². The second kappa shape index (κ2) is 8.86. The van der Waals surface area contributed by atoms with Gasteiger partial charge in [-0.1, -0.05) is 24.3 Å². The maximum absolute atomic E-state index is 13.0. The van der Waals surface area contributed by atoms with E-state index in [4.69, 9.17) is 4.42 Å². The van der Waals surface area contributed by atoms with Crippen molar-refractivity contribution in [3.05, 3.63) is 83.7 Å². The number of amides is 1. The normalized spacial score (nSPS) is 12.4. The van der Waals surface area contributed by atoms with Crippen molar-refractivity contribution >= 4 is 11.6 Å². The number of rotatable bonds is 5. The molecule has 0 aliphatic rings. The molecule has 31 heavy (non-hydrogen) atoms. The molecule has 0 saturated carbocycles. The average molecular weight is 429 g/mol. The van der Waals surface area contributed by atoms with Gasteiger partial charge in [0.15, 0.2) is 5.69 Å². The average Bonchev–Trinajstić information content (AvgIpc) is 3.12. The van der Waals surface area contributed by atoms with Crippen molar-refractivity contribution < 1.29 is 27.5 Å². The molecule has 1 amide bonds. The zero-order valence-corrected chi connectivity index (χ0v) is 16.6. The number of halogens is 3. The summed E-state index contributed by atoms with van der Waals surface area (Å²) in [6.07, 6.45) is -1.64. The van der Waals surface area contributed by atoms with Crippen LogP contribution < -0.4 is 0 Å². The lowest BCUT2D eigenvalue weighted by Gasteiger charge is -2.07. The van der Waals surface area contributed by atoms with Crippen LogP contribution in [0, 0.1) is 0 Å². The maximum atomic E-state index is 13.0. The molecule has 0 radical (unpaired) electrons. The van der Waals surface area contributed by atoms with Crippen LogP contribution in [-0.4, -0.2) is 40.7 Å². The molecule has 1 heterocycles. The monoisotopic (exact) mass is 429 g/mol. The molecule has 0 atom stereocenters. The molecule has 2 aromatic carbocycles. The molecule has 160 valence electrons. The van der Waals surface area contributed by atoms with Gasteiger partial charge >= 0.3 is 12.1 Å². The van der Waals surface area contributed by atoms with Gasteiger partial charge in [-0.3, -0.25) is 4.79 Å². The molecule has 0 saturated heterocycles. The summed E-state index contributed by atoms with van der Waals surface area (Å²) in [4.78, 5) is 22.4. The number of hydrogen-bond donors (Lipinski definition) is 1. The largest absolute Gasteiger partial charge is 0.479 e. The van der Waals surface area contributed by atoms with Gasteiger partial charge in [-0.05, 0) is 36.4 Å². The van der Waals surface area contributed by atoms with Crippen molar-refractivity contribution in [3.8, 4) is 17.4 Å². The van der Waals surface area contributed by atoms with Crippen LogP contribution in [0.15, 0.2) is 76.3 Å². The van der Waals surface area contributed by atoms with Crippen LogP contribution in [0.5, 0.6) is 5.95 Å². The summed E-state index contributed by atoms with van der Waals surface area (Å²) in [7, 11) is 3.45. The van der Waals surface area contributed by atoms with Crippen LogP contribution in [0.2, 0.25) is 0 Å². The molecule has 9 heteroatoms. The van der Waals surface area contributed by atoms with Crippen molar-refractivity contribution in [1.29, 1.82) is 0 Å². The Morgan fingerprint density at radius 1 is 1.13 bits per heavy atom. The number of nitrogens with zero attached hydrogens (tertiary/aromatic N) is 3. The number of carbonyl (C=O) groups excluding carboxylic acids is 1. The predicted octanol–water partition coefficient (Wildman–Crippen LogP) is 4.77. The fraction of sp³-hybridized carbons (Fsp3) is 0.136. The van der Waals surface area contributed by atoms with Crippen molar-refractivity contribution in [1.82, 2.24) is 9.88 Å². The molecule has 1 N–H and O–H groups in total. The predicted molar refractivity (Wildman–Crippen MR) is 109 cm³/mol. The number of alkyl halides is 3. The van der Waals surface area contributed by atoms with E-state index in [-0.39, 0.29) is 22.9 Å². The fourth-order valence-electron chi connectivity index (χ4n) is 2.57. The summed E-state index contributed by atoms with van der Waals surface area (Å²) in [5.41, 5.74) is -0.813. The lowest BCUT2D eigenvalue weighted by Crippen LogP contribution is -2.09. The third kappa shape index (κ3) is 5.39. The summed E-state index contributed by atoms with van der Waals surface area (Å²) in [5, 5.41) is 10.2. The Balaban J connectivity index is 2.03. The summed E-state index contributed by atoms with van der Waals surface area (Å²) in [5.74, 6) is -1.39. The highest BCUT2D eigenvalue weighted by Gasteiger charge is 2.31.